The van der Waals surface area contributed by atoms with Crippen molar-refractivity contribution in [1.29, 1.82) is 5.26 Å². The summed E-state index contributed by atoms with van der Waals surface area (Å²) in [6, 6.07) is 14.3. The summed E-state index contributed by atoms with van der Waals surface area (Å²) in [7, 11) is 1.68. The Morgan fingerprint density at radius 3 is 2.54 bits per heavy atom. The van der Waals surface area contributed by atoms with Gasteiger partial charge in [-0.3, -0.25) is 9.79 Å². The lowest BCUT2D eigenvalue weighted by Gasteiger charge is -2.13. The molecule has 0 unspecified atom stereocenters. The van der Waals surface area contributed by atoms with Crippen LogP contribution >= 0.6 is 11.6 Å². The number of amides is 1. The number of fused-ring (bicyclic) bond motifs is 1. The number of benzene rings is 2. The summed E-state index contributed by atoms with van der Waals surface area (Å²) in [6.07, 6.45) is 3.26. The van der Waals surface area contributed by atoms with Crippen molar-refractivity contribution in [3.05, 3.63) is 70.8 Å². The minimum Gasteiger partial charge on any atom is -0.339 e. The Labute approximate surface area is 144 Å². The Morgan fingerprint density at radius 1 is 1.21 bits per heavy atom. The third-order valence-electron chi connectivity index (χ3n) is 3.63. The quantitative estimate of drug-likeness (QED) is 0.520. The number of aliphatic imine (C=N–C) groups is 1. The van der Waals surface area contributed by atoms with Crippen LogP contribution in [0.25, 0.3) is 5.70 Å². The number of carbonyl (C=O) groups excluding carboxylic acids is 1. The summed E-state index contributed by atoms with van der Waals surface area (Å²) in [4.78, 5) is 17.7. The minimum absolute atomic E-state index is 0.335. The van der Waals surface area contributed by atoms with E-state index in [4.69, 9.17) is 11.6 Å². The Balaban J connectivity index is 1.99. The van der Waals surface area contributed by atoms with E-state index in [9.17, 15) is 10.1 Å². The van der Waals surface area contributed by atoms with Crippen molar-refractivity contribution in [3.63, 3.8) is 0 Å². The van der Waals surface area contributed by atoms with Crippen LogP contribution < -0.4 is 10.2 Å². The molecule has 24 heavy (non-hydrogen) atoms. The van der Waals surface area contributed by atoms with Crippen molar-refractivity contribution < 1.29 is 4.79 Å². The van der Waals surface area contributed by atoms with Gasteiger partial charge in [0.05, 0.1) is 16.4 Å². The molecular weight excluding hydrogens is 324 g/mol. The Bertz CT molecular complexity index is 911. The van der Waals surface area contributed by atoms with Gasteiger partial charge in [-0.1, -0.05) is 48.0 Å². The number of nitriles is 1. The van der Waals surface area contributed by atoms with Gasteiger partial charge < -0.3 is 5.32 Å². The molecule has 0 atom stereocenters. The maximum absolute atomic E-state index is 12.6. The van der Waals surface area contributed by atoms with Crippen LogP contribution in [0.5, 0.6) is 0 Å². The van der Waals surface area contributed by atoms with E-state index in [1.165, 1.54) is 6.08 Å². The van der Waals surface area contributed by atoms with Gasteiger partial charge in [0.15, 0.2) is 6.19 Å². The first kappa shape index (κ1) is 15.8. The van der Waals surface area contributed by atoms with E-state index in [-0.39, 0.29) is 0 Å². The molecule has 2 aromatic carbocycles. The molecular formula is C18H13ClN4O. The van der Waals surface area contributed by atoms with Gasteiger partial charge in [-0.25, -0.2) is 4.90 Å². The molecule has 2 aromatic rings. The van der Waals surface area contributed by atoms with Crippen LogP contribution in [0.2, 0.25) is 5.02 Å². The molecule has 1 heterocycles. The smallest absolute Gasteiger partial charge is 0.266 e. The van der Waals surface area contributed by atoms with E-state index < -0.39 is 5.91 Å². The molecule has 0 aromatic heterocycles. The molecule has 1 aliphatic rings. The SMILES string of the molecule is CN=C1NC(=CC(=O)N(C#N)c2ccccc2Cl)c2ccccc21. The molecule has 0 saturated carbocycles. The van der Waals surface area contributed by atoms with Crippen molar-refractivity contribution in [2.45, 2.75) is 0 Å². The second-order valence-electron chi connectivity index (χ2n) is 5.03. The van der Waals surface area contributed by atoms with Crippen molar-refractivity contribution in [2.75, 3.05) is 11.9 Å². The van der Waals surface area contributed by atoms with E-state index in [0.29, 0.717) is 22.2 Å². The van der Waals surface area contributed by atoms with Crippen LogP contribution in [-0.4, -0.2) is 18.8 Å². The molecule has 1 aliphatic heterocycles. The topological polar surface area (TPSA) is 68.5 Å². The van der Waals surface area contributed by atoms with Gasteiger partial charge in [-0.15, -0.1) is 0 Å². The van der Waals surface area contributed by atoms with E-state index in [1.54, 1.807) is 31.3 Å². The highest BCUT2D eigenvalue weighted by molar-refractivity contribution is 6.34. The molecule has 6 heteroatoms. The standard InChI is InChI=1S/C18H13ClN4O/c1-21-18-13-7-3-2-6-12(13)15(22-18)10-17(24)23(11-20)16-9-5-4-8-14(16)19/h2-10H,1H3,(H,21,22). The molecule has 1 N–H and O–H groups in total. The second-order valence-corrected chi connectivity index (χ2v) is 5.43. The third kappa shape index (κ3) is 2.75. The highest BCUT2D eigenvalue weighted by Crippen LogP contribution is 2.27. The van der Waals surface area contributed by atoms with Gasteiger partial charge in [0, 0.05) is 24.3 Å². The van der Waals surface area contributed by atoms with Crippen LogP contribution in [0.15, 0.2) is 59.6 Å². The van der Waals surface area contributed by atoms with Crippen LogP contribution in [0.1, 0.15) is 11.1 Å². The summed E-state index contributed by atoms with van der Waals surface area (Å²) in [5, 5.41) is 12.8. The first-order valence-electron chi connectivity index (χ1n) is 7.19. The van der Waals surface area contributed by atoms with Gasteiger partial charge in [-0.05, 0) is 12.1 Å². The maximum atomic E-state index is 12.6. The summed E-state index contributed by atoms with van der Waals surface area (Å²) < 4.78 is 0. The molecule has 0 fully saturated rings. The zero-order chi connectivity index (χ0) is 17.1. The fourth-order valence-electron chi connectivity index (χ4n) is 2.52. The number of nitrogens with one attached hydrogen (secondary N) is 1. The molecule has 0 spiro atoms. The van der Waals surface area contributed by atoms with Crippen molar-refractivity contribution in [1.82, 2.24) is 5.32 Å². The largest absolute Gasteiger partial charge is 0.339 e. The van der Waals surface area contributed by atoms with Crippen LogP contribution in [-0.2, 0) is 4.79 Å². The number of rotatable bonds is 2. The van der Waals surface area contributed by atoms with E-state index >= 15 is 0 Å². The fourth-order valence-corrected chi connectivity index (χ4v) is 2.74. The average Bonchev–Trinajstić information content (AvgIpc) is 2.95. The van der Waals surface area contributed by atoms with Crippen LogP contribution in [0.3, 0.4) is 0 Å². The summed E-state index contributed by atoms with van der Waals surface area (Å²) in [6.45, 7) is 0. The normalized spacial score (nSPS) is 15.7. The zero-order valence-electron chi connectivity index (χ0n) is 12.8. The molecule has 1 amide bonds. The zero-order valence-corrected chi connectivity index (χ0v) is 13.6. The number of nitrogens with zero attached hydrogens (tertiary/aromatic N) is 3. The van der Waals surface area contributed by atoms with E-state index in [1.807, 2.05) is 30.5 Å². The van der Waals surface area contributed by atoms with Crippen molar-refractivity contribution in [2.24, 2.45) is 4.99 Å². The summed E-state index contributed by atoms with van der Waals surface area (Å²) in [5.41, 5.74) is 2.73. The second kappa shape index (κ2) is 6.57. The molecule has 0 bridgehead atoms. The van der Waals surface area contributed by atoms with Crippen LogP contribution in [0, 0.1) is 11.5 Å². The average molecular weight is 337 g/mol. The van der Waals surface area contributed by atoms with Gasteiger partial charge in [0.1, 0.15) is 5.84 Å². The number of para-hydroxylation sites is 1. The molecule has 3 rings (SSSR count). The summed E-state index contributed by atoms with van der Waals surface area (Å²) in [5.74, 6) is 0.200. The Hall–Kier alpha value is -3.10. The monoisotopic (exact) mass is 336 g/mol. The minimum atomic E-state index is -0.486. The van der Waals surface area contributed by atoms with E-state index in [0.717, 1.165) is 16.0 Å². The maximum Gasteiger partial charge on any atom is 0.266 e. The number of halogens is 1. The number of amidine groups is 1. The molecule has 0 radical (unpaired) electrons. The van der Waals surface area contributed by atoms with Gasteiger partial charge >= 0.3 is 0 Å². The van der Waals surface area contributed by atoms with E-state index in [2.05, 4.69) is 10.3 Å². The first-order valence-corrected chi connectivity index (χ1v) is 7.57. The predicted octanol–water partition coefficient (Wildman–Crippen LogP) is 3.17. The molecule has 0 saturated heterocycles. The lowest BCUT2D eigenvalue weighted by molar-refractivity contribution is -0.113. The fraction of sp³-hybridized carbons (Fsp3) is 0.0556. The Kier molecular flexibility index (Phi) is 4.32. The number of hydrogen-bond donors (Lipinski definition) is 1. The van der Waals surface area contributed by atoms with Gasteiger partial charge in [0.2, 0.25) is 0 Å². The summed E-state index contributed by atoms with van der Waals surface area (Å²) >= 11 is 6.08. The highest BCUT2D eigenvalue weighted by Gasteiger charge is 2.23. The van der Waals surface area contributed by atoms with Crippen molar-refractivity contribution in [3.8, 4) is 6.19 Å². The first-order chi connectivity index (χ1) is 11.7. The Morgan fingerprint density at radius 2 is 1.88 bits per heavy atom. The van der Waals surface area contributed by atoms with Crippen molar-refractivity contribution >= 4 is 34.7 Å². The molecule has 118 valence electrons. The van der Waals surface area contributed by atoms with Gasteiger partial charge in [0.25, 0.3) is 5.91 Å². The molecule has 5 nitrogen and oxygen atoms in total. The number of anilines is 1. The van der Waals surface area contributed by atoms with Gasteiger partial charge in [-0.2, -0.15) is 5.26 Å². The molecule has 0 aliphatic carbocycles. The third-order valence-corrected chi connectivity index (χ3v) is 3.95. The number of hydrogen-bond acceptors (Lipinski definition) is 3. The highest BCUT2D eigenvalue weighted by atomic mass is 35.5. The van der Waals surface area contributed by atoms with Crippen LogP contribution in [0.4, 0.5) is 5.69 Å². The predicted molar refractivity (Wildman–Crippen MR) is 94.6 cm³/mol. The number of carbonyl (C=O) groups is 1. The lowest BCUT2D eigenvalue weighted by atomic mass is 10.1. The lowest BCUT2D eigenvalue weighted by Crippen LogP contribution is -2.25.